The van der Waals surface area contributed by atoms with Crippen LogP contribution in [0.3, 0.4) is 0 Å². The van der Waals surface area contributed by atoms with Crippen LogP contribution in [0, 0.1) is 5.92 Å². The molecule has 2 N–H and O–H groups in total. The highest BCUT2D eigenvalue weighted by Crippen LogP contribution is 2.22. The van der Waals surface area contributed by atoms with Crippen molar-refractivity contribution in [1.29, 1.82) is 0 Å². The van der Waals surface area contributed by atoms with Crippen LogP contribution in [-0.2, 0) is 11.3 Å². The summed E-state index contributed by atoms with van der Waals surface area (Å²) in [5.41, 5.74) is 7.23. The van der Waals surface area contributed by atoms with Crippen LogP contribution in [0.15, 0.2) is 6.20 Å². The highest BCUT2D eigenvalue weighted by Gasteiger charge is 2.26. The minimum atomic E-state index is -0.170. The average Bonchev–Trinajstić information content (AvgIpc) is 2.73. The van der Waals surface area contributed by atoms with Gasteiger partial charge in [0.2, 0.25) is 0 Å². The molecular formula is C12H24N4O. The number of aromatic nitrogens is 3. The number of hydrogen-bond acceptors (Lipinski definition) is 4. The van der Waals surface area contributed by atoms with Gasteiger partial charge >= 0.3 is 0 Å². The van der Waals surface area contributed by atoms with E-state index < -0.39 is 0 Å². The van der Waals surface area contributed by atoms with E-state index in [-0.39, 0.29) is 12.1 Å². The fourth-order valence-electron chi connectivity index (χ4n) is 1.98. The molecule has 1 aromatic rings. The third kappa shape index (κ3) is 3.51. The minimum absolute atomic E-state index is 0.00843. The SMILES string of the molecule is CCCn1nncc1C(N)C(OCC)C(C)C. The maximum Gasteiger partial charge on any atom is 0.0806 e. The van der Waals surface area contributed by atoms with Crippen LogP contribution in [-0.4, -0.2) is 27.7 Å². The Kier molecular flexibility index (Phi) is 5.58. The third-order valence-corrected chi connectivity index (χ3v) is 2.79. The van der Waals surface area contributed by atoms with Crippen molar-refractivity contribution in [3.8, 4) is 0 Å². The number of nitrogens with zero attached hydrogens (tertiary/aromatic N) is 3. The first kappa shape index (κ1) is 14.1. The Morgan fingerprint density at radius 2 is 2.12 bits per heavy atom. The molecule has 2 atom stereocenters. The summed E-state index contributed by atoms with van der Waals surface area (Å²) >= 11 is 0. The molecule has 0 bridgehead atoms. The zero-order valence-corrected chi connectivity index (χ0v) is 11.3. The first-order chi connectivity index (χ1) is 8.11. The molecule has 1 aromatic heterocycles. The van der Waals surface area contributed by atoms with Crippen LogP contribution in [0.5, 0.6) is 0 Å². The van der Waals surface area contributed by atoms with Crippen molar-refractivity contribution in [2.75, 3.05) is 6.61 Å². The molecule has 1 rings (SSSR count). The second-order valence-corrected chi connectivity index (χ2v) is 4.57. The van der Waals surface area contributed by atoms with E-state index in [0.29, 0.717) is 12.5 Å². The number of aryl methyl sites for hydroxylation is 1. The standard InChI is InChI=1S/C12H24N4O/c1-5-7-16-10(8-14-15-16)11(13)12(9(3)4)17-6-2/h8-9,11-12H,5-7,13H2,1-4H3. The lowest BCUT2D eigenvalue weighted by molar-refractivity contribution is 0.0103. The molecule has 0 fully saturated rings. The zero-order chi connectivity index (χ0) is 12.8. The molecule has 98 valence electrons. The maximum absolute atomic E-state index is 6.28. The minimum Gasteiger partial charge on any atom is -0.376 e. The molecule has 0 spiro atoms. The molecule has 5 heteroatoms. The van der Waals surface area contributed by atoms with Gasteiger partial charge in [0, 0.05) is 13.2 Å². The van der Waals surface area contributed by atoms with Gasteiger partial charge in [-0.1, -0.05) is 26.0 Å². The van der Waals surface area contributed by atoms with Crippen molar-refractivity contribution < 1.29 is 4.74 Å². The lowest BCUT2D eigenvalue weighted by atomic mass is 9.98. The predicted octanol–water partition coefficient (Wildman–Crippen LogP) is 1.75. The second kappa shape index (κ2) is 6.71. The van der Waals surface area contributed by atoms with Gasteiger partial charge in [0.25, 0.3) is 0 Å². The summed E-state index contributed by atoms with van der Waals surface area (Å²) < 4.78 is 7.60. The molecule has 5 nitrogen and oxygen atoms in total. The number of ether oxygens (including phenoxy) is 1. The van der Waals surface area contributed by atoms with Gasteiger partial charge in [-0.15, -0.1) is 5.10 Å². The first-order valence-corrected chi connectivity index (χ1v) is 6.37. The number of hydrogen-bond donors (Lipinski definition) is 1. The van der Waals surface area contributed by atoms with Gasteiger partial charge in [0.15, 0.2) is 0 Å². The summed E-state index contributed by atoms with van der Waals surface area (Å²) in [6.45, 7) is 9.86. The van der Waals surface area contributed by atoms with Gasteiger partial charge in [-0.2, -0.15) is 0 Å². The normalized spacial score (nSPS) is 15.2. The van der Waals surface area contributed by atoms with E-state index in [1.165, 1.54) is 0 Å². The molecule has 0 amide bonds. The summed E-state index contributed by atoms with van der Waals surface area (Å²) in [5.74, 6) is 0.370. The number of rotatable bonds is 7. The molecule has 0 aliphatic carbocycles. The molecule has 0 aromatic carbocycles. The van der Waals surface area contributed by atoms with Crippen molar-refractivity contribution in [2.24, 2.45) is 11.7 Å². The molecule has 0 saturated carbocycles. The van der Waals surface area contributed by atoms with Gasteiger partial charge in [0.1, 0.15) is 0 Å². The topological polar surface area (TPSA) is 66.0 Å². The fourth-order valence-corrected chi connectivity index (χ4v) is 1.98. The Bertz CT molecular complexity index is 324. The second-order valence-electron chi connectivity index (χ2n) is 4.57. The molecule has 0 radical (unpaired) electrons. The lowest BCUT2D eigenvalue weighted by Crippen LogP contribution is -2.35. The van der Waals surface area contributed by atoms with E-state index >= 15 is 0 Å². The van der Waals surface area contributed by atoms with Gasteiger partial charge in [-0.05, 0) is 19.3 Å². The Labute approximate surface area is 103 Å². The van der Waals surface area contributed by atoms with E-state index in [2.05, 4.69) is 31.1 Å². The predicted molar refractivity (Wildman–Crippen MR) is 67.5 cm³/mol. The quantitative estimate of drug-likeness (QED) is 0.788. The van der Waals surface area contributed by atoms with Crippen LogP contribution in [0.25, 0.3) is 0 Å². The van der Waals surface area contributed by atoms with Crippen molar-refractivity contribution in [1.82, 2.24) is 15.0 Å². The van der Waals surface area contributed by atoms with Crippen molar-refractivity contribution in [3.05, 3.63) is 11.9 Å². The van der Waals surface area contributed by atoms with Crippen LogP contribution in [0.4, 0.5) is 0 Å². The largest absolute Gasteiger partial charge is 0.376 e. The van der Waals surface area contributed by atoms with Gasteiger partial charge in [0.05, 0.1) is 24.0 Å². The van der Waals surface area contributed by atoms with Crippen molar-refractivity contribution in [2.45, 2.75) is 52.8 Å². The molecule has 1 heterocycles. The highest BCUT2D eigenvalue weighted by molar-refractivity contribution is 5.04. The molecule has 0 saturated heterocycles. The van der Waals surface area contributed by atoms with Crippen molar-refractivity contribution in [3.63, 3.8) is 0 Å². The van der Waals surface area contributed by atoms with E-state index in [0.717, 1.165) is 18.7 Å². The Morgan fingerprint density at radius 1 is 1.41 bits per heavy atom. The maximum atomic E-state index is 6.28. The molecular weight excluding hydrogens is 216 g/mol. The third-order valence-electron chi connectivity index (χ3n) is 2.79. The summed E-state index contributed by atoms with van der Waals surface area (Å²) in [6, 6.07) is -0.170. The van der Waals surface area contributed by atoms with Crippen LogP contribution in [0.2, 0.25) is 0 Å². The van der Waals surface area contributed by atoms with E-state index in [4.69, 9.17) is 10.5 Å². The monoisotopic (exact) mass is 240 g/mol. The average molecular weight is 240 g/mol. The Morgan fingerprint density at radius 3 is 2.65 bits per heavy atom. The molecule has 0 aliphatic rings. The summed E-state index contributed by atoms with van der Waals surface area (Å²) in [5, 5.41) is 8.00. The van der Waals surface area contributed by atoms with Crippen molar-refractivity contribution >= 4 is 0 Å². The summed E-state index contributed by atoms with van der Waals surface area (Å²) in [4.78, 5) is 0. The van der Waals surface area contributed by atoms with Gasteiger partial charge in [-0.25, -0.2) is 4.68 Å². The van der Waals surface area contributed by atoms with Gasteiger partial charge < -0.3 is 10.5 Å². The van der Waals surface area contributed by atoms with E-state index in [1.54, 1.807) is 6.20 Å². The van der Waals surface area contributed by atoms with Gasteiger partial charge in [-0.3, -0.25) is 0 Å². The van der Waals surface area contributed by atoms with E-state index in [9.17, 15) is 0 Å². The Balaban J connectivity index is 2.84. The highest BCUT2D eigenvalue weighted by atomic mass is 16.5. The number of nitrogens with two attached hydrogens (primary N) is 1. The summed E-state index contributed by atoms with van der Waals surface area (Å²) in [7, 11) is 0. The molecule has 0 aliphatic heterocycles. The molecule has 17 heavy (non-hydrogen) atoms. The lowest BCUT2D eigenvalue weighted by Gasteiger charge is -2.27. The summed E-state index contributed by atoms with van der Waals surface area (Å²) in [6.07, 6.45) is 2.77. The van der Waals surface area contributed by atoms with Crippen LogP contribution in [0.1, 0.15) is 45.9 Å². The molecule has 2 unspecified atom stereocenters. The zero-order valence-electron chi connectivity index (χ0n) is 11.3. The fraction of sp³-hybridized carbons (Fsp3) is 0.833. The Hall–Kier alpha value is -0.940. The van der Waals surface area contributed by atoms with Crippen LogP contribution < -0.4 is 5.73 Å². The first-order valence-electron chi connectivity index (χ1n) is 6.37. The van der Waals surface area contributed by atoms with Crippen LogP contribution >= 0.6 is 0 Å². The van der Waals surface area contributed by atoms with E-state index in [1.807, 2.05) is 11.6 Å². The smallest absolute Gasteiger partial charge is 0.0806 e.